The summed E-state index contributed by atoms with van der Waals surface area (Å²) in [5.41, 5.74) is 5.13. The van der Waals surface area contributed by atoms with Crippen LogP contribution in [0.3, 0.4) is 0 Å². The zero-order chi connectivity index (χ0) is 20.3. The molecule has 3 aromatic carbocycles. The van der Waals surface area contributed by atoms with Gasteiger partial charge in [0.1, 0.15) is 0 Å². The van der Waals surface area contributed by atoms with Gasteiger partial charge in [0, 0.05) is 36.2 Å². The largest absolute Gasteiger partial charge is 0.396 e. The molecule has 152 valence electrons. The number of para-hydroxylation sites is 1. The molecule has 3 atom stereocenters. The lowest BCUT2D eigenvalue weighted by Crippen LogP contribution is -2.43. The fourth-order valence-electron chi connectivity index (χ4n) is 5.16. The first-order valence-corrected chi connectivity index (χ1v) is 10.9. The topological polar surface area (TPSA) is 39.3 Å². The Morgan fingerprint density at radius 2 is 1.60 bits per heavy atom. The number of likely N-dealkylation sites (tertiary alicyclic amines) is 1. The van der Waals surface area contributed by atoms with Gasteiger partial charge in [-0.25, -0.2) is 0 Å². The highest BCUT2D eigenvalue weighted by Crippen LogP contribution is 2.40. The average Bonchev–Trinajstić information content (AvgIpc) is 3.24. The van der Waals surface area contributed by atoms with Crippen LogP contribution in [0.4, 0.5) is 0 Å². The van der Waals surface area contributed by atoms with Crippen molar-refractivity contribution in [3.63, 3.8) is 0 Å². The standard InChI is InChI=1S/C27H28N2O/c30-19-22-18-29(16-15-23(22)20-9-3-1-4-10-20)27(21-11-5-2-6-12-21)25-17-28-26-14-8-7-13-24(25)26/h1-14,17,22-23,27-28,30H,15-16,18-19H2. The summed E-state index contributed by atoms with van der Waals surface area (Å²) >= 11 is 0. The van der Waals surface area contributed by atoms with Crippen molar-refractivity contribution in [2.24, 2.45) is 5.92 Å². The highest BCUT2D eigenvalue weighted by Gasteiger charge is 2.34. The normalized spacial score (nSPS) is 21.0. The molecule has 1 saturated heterocycles. The van der Waals surface area contributed by atoms with Crippen molar-refractivity contribution in [1.29, 1.82) is 0 Å². The lowest BCUT2D eigenvalue weighted by atomic mass is 9.79. The highest BCUT2D eigenvalue weighted by atomic mass is 16.3. The Balaban J connectivity index is 1.51. The van der Waals surface area contributed by atoms with Gasteiger partial charge in [-0.1, -0.05) is 78.9 Å². The molecule has 30 heavy (non-hydrogen) atoms. The van der Waals surface area contributed by atoms with Crippen molar-refractivity contribution in [2.75, 3.05) is 19.7 Å². The number of H-pyrrole nitrogens is 1. The Morgan fingerprint density at radius 1 is 0.900 bits per heavy atom. The van der Waals surface area contributed by atoms with E-state index in [-0.39, 0.29) is 18.6 Å². The van der Waals surface area contributed by atoms with E-state index >= 15 is 0 Å². The van der Waals surface area contributed by atoms with Gasteiger partial charge in [-0.15, -0.1) is 0 Å². The molecule has 1 fully saturated rings. The van der Waals surface area contributed by atoms with E-state index in [0.29, 0.717) is 5.92 Å². The summed E-state index contributed by atoms with van der Waals surface area (Å²) < 4.78 is 0. The summed E-state index contributed by atoms with van der Waals surface area (Å²) in [4.78, 5) is 6.02. The number of nitrogens with one attached hydrogen (secondary N) is 1. The molecule has 0 aliphatic carbocycles. The van der Waals surface area contributed by atoms with Gasteiger partial charge in [-0.05, 0) is 41.6 Å². The van der Waals surface area contributed by atoms with Gasteiger partial charge in [0.15, 0.2) is 0 Å². The summed E-state index contributed by atoms with van der Waals surface area (Å²) in [6, 6.07) is 30.2. The van der Waals surface area contributed by atoms with Crippen molar-refractivity contribution in [3.8, 4) is 0 Å². The highest BCUT2D eigenvalue weighted by molar-refractivity contribution is 5.84. The van der Waals surface area contributed by atoms with E-state index in [2.05, 4.69) is 101 Å². The molecule has 0 saturated carbocycles. The number of piperidine rings is 1. The molecule has 0 bridgehead atoms. The molecule has 2 heterocycles. The van der Waals surface area contributed by atoms with Gasteiger partial charge in [-0.2, -0.15) is 0 Å². The third-order valence-electron chi connectivity index (χ3n) is 6.62. The first kappa shape index (κ1) is 19.1. The van der Waals surface area contributed by atoms with Crippen molar-refractivity contribution in [2.45, 2.75) is 18.4 Å². The van der Waals surface area contributed by atoms with E-state index in [1.54, 1.807) is 0 Å². The first-order valence-electron chi connectivity index (χ1n) is 10.9. The third-order valence-corrected chi connectivity index (χ3v) is 6.62. The van der Waals surface area contributed by atoms with Crippen LogP contribution < -0.4 is 0 Å². The van der Waals surface area contributed by atoms with Crippen LogP contribution in [0, 0.1) is 5.92 Å². The maximum absolute atomic E-state index is 10.3. The number of aliphatic hydroxyl groups is 1. The molecule has 3 nitrogen and oxygen atoms in total. The monoisotopic (exact) mass is 396 g/mol. The van der Waals surface area contributed by atoms with Crippen molar-refractivity contribution in [3.05, 3.63) is 108 Å². The fourth-order valence-corrected chi connectivity index (χ4v) is 5.16. The zero-order valence-corrected chi connectivity index (χ0v) is 17.1. The number of fused-ring (bicyclic) bond motifs is 1. The molecular weight excluding hydrogens is 368 g/mol. The van der Waals surface area contributed by atoms with Gasteiger partial charge >= 0.3 is 0 Å². The number of hydrogen-bond acceptors (Lipinski definition) is 2. The lowest BCUT2D eigenvalue weighted by molar-refractivity contribution is 0.0833. The van der Waals surface area contributed by atoms with Crippen LogP contribution in [0.1, 0.15) is 35.1 Å². The predicted octanol–water partition coefficient (Wildman–Crippen LogP) is 5.36. The van der Waals surface area contributed by atoms with Crippen molar-refractivity contribution < 1.29 is 5.11 Å². The average molecular weight is 397 g/mol. The number of benzene rings is 3. The van der Waals surface area contributed by atoms with E-state index in [0.717, 1.165) is 19.5 Å². The summed E-state index contributed by atoms with van der Waals surface area (Å²) in [5, 5.41) is 11.5. The Bertz CT molecular complexity index is 1090. The van der Waals surface area contributed by atoms with Crippen LogP contribution in [0.15, 0.2) is 91.1 Å². The number of rotatable bonds is 5. The first-order chi connectivity index (χ1) is 14.8. The van der Waals surface area contributed by atoms with Crippen LogP contribution in [0.25, 0.3) is 10.9 Å². The third kappa shape index (κ3) is 3.55. The molecule has 0 spiro atoms. The van der Waals surface area contributed by atoms with Crippen molar-refractivity contribution in [1.82, 2.24) is 9.88 Å². The zero-order valence-electron chi connectivity index (χ0n) is 17.1. The Morgan fingerprint density at radius 3 is 2.37 bits per heavy atom. The smallest absolute Gasteiger partial charge is 0.0623 e. The summed E-state index contributed by atoms with van der Waals surface area (Å²) in [7, 11) is 0. The summed E-state index contributed by atoms with van der Waals surface area (Å²) in [5.74, 6) is 0.643. The molecular formula is C27H28N2O. The summed E-state index contributed by atoms with van der Waals surface area (Å²) in [6.45, 7) is 2.11. The minimum Gasteiger partial charge on any atom is -0.396 e. The van der Waals surface area contributed by atoms with Gasteiger partial charge < -0.3 is 10.1 Å². The molecule has 0 radical (unpaired) electrons. The predicted molar refractivity (Wildman–Crippen MR) is 123 cm³/mol. The SMILES string of the molecule is OCC1CN(C(c2ccccc2)c2c[nH]c3ccccc23)CCC1c1ccccc1. The second-order valence-corrected chi connectivity index (χ2v) is 8.35. The number of aliphatic hydroxyl groups excluding tert-OH is 1. The molecule has 3 unspecified atom stereocenters. The van der Waals surface area contributed by atoms with Gasteiger partial charge in [-0.3, -0.25) is 4.90 Å². The van der Waals surface area contributed by atoms with Gasteiger partial charge in [0.2, 0.25) is 0 Å². The molecule has 2 N–H and O–H groups in total. The minimum atomic E-state index is 0.174. The molecule has 0 amide bonds. The van der Waals surface area contributed by atoms with Crippen LogP contribution >= 0.6 is 0 Å². The van der Waals surface area contributed by atoms with E-state index < -0.39 is 0 Å². The number of nitrogens with zero attached hydrogens (tertiary/aromatic N) is 1. The minimum absolute atomic E-state index is 0.174. The number of hydrogen-bond donors (Lipinski definition) is 2. The van der Waals surface area contributed by atoms with Crippen LogP contribution in [0.2, 0.25) is 0 Å². The number of aromatic nitrogens is 1. The van der Waals surface area contributed by atoms with E-state index in [1.807, 2.05) is 0 Å². The molecule has 3 heteroatoms. The van der Waals surface area contributed by atoms with Crippen LogP contribution in [-0.4, -0.2) is 34.7 Å². The fraction of sp³-hybridized carbons (Fsp3) is 0.259. The molecule has 5 rings (SSSR count). The molecule has 1 aliphatic rings. The number of aromatic amines is 1. The summed E-state index contributed by atoms with van der Waals surface area (Å²) in [6.07, 6.45) is 3.22. The van der Waals surface area contributed by atoms with Gasteiger partial charge in [0.25, 0.3) is 0 Å². The van der Waals surface area contributed by atoms with E-state index in [4.69, 9.17) is 0 Å². The van der Waals surface area contributed by atoms with E-state index in [9.17, 15) is 5.11 Å². The molecule has 1 aliphatic heterocycles. The Hall–Kier alpha value is -2.88. The van der Waals surface area contributed by atoms with E-state index in [1.165, 1.54) is 27.6 Å². The quantitative estimate of drug-likeness (QED) is 0.477. The maximum Gasteiger partial charge on any atom is 0.0623 e. The second-order valence-electron chi connectivity index (χ2n) is 8.35. The van der Waals surface area contributed by atoms with Crippen LogP contribution in [0.5, 0.6) is 0 Å². The van der Waals surface area contributed by atoms with Gasteiger partial charge in [0.05, 0.1) is 6.04 Å². The Kier molecular flexibility index (Phi) is 5.39. The molecule has 1 aromatic heterocycles. The molecule has 4 aromatic rings. The lowest BCUT2D eigenvalue weighted by Gasteiger charge is -2.42. The van der Waals surface area contributed by atoms with Crippen LogP contribution in [-0.2, 0) is 0 Å². The van der Waals surface area contributed by atoms with Crippen molar-refractivity contribution >= 4 is 10.9 Å². The Labute approximate surface area is 178 Å². The maximum atomic E-state index is 10.3. The second kappa shape index (κ2) is 8.47.